The fraction of sp³-hybridized carbons (Fsp3) is 0.400. The normalized spacial score (nSPS) is 16.5. The quantitative estimate of drug-likeness (QED) is 0.582. The zero-order chi connectivity index (χ0) is 12.6. The van der Waals surface area contributed by atoms with Crippen LogP contribution in [0.25, 0.3) is 0 Å². The van der Waals surface area contributed by atoms with Gasteiger partial charge in [-0.2, -0.15) is 4.31 Å². The Morgan fingerprint density at radius 2 is 2.12 bits per heavy atom. The van der Waals surface area contributed by atoms with Crippen molar-refractivity contribution in [2.24, 2.45) is 0 Å². The Morgan fingerprint density at radius 3 is 2.71 bits per heavy atom. The van der Waals surface area contributed by atoms with Crippen LogP contribution in [0.1, 0.15) is 11.1 Å². The van der Waals surface area contributed by atoms with Crippen LogP contribution in [0.2, 0.25) is 0 Å². The zero-order valence-electron chi connectivity index (χ0n) is 9.29. The molecule has 1 heterocycles. The largest absolute Gasteiger partial charge is 0.272 e. The van der Waals surface area contributed by atoms with E-state index in [-0.39, 0.29) is 12.2 Å². The van der Waals surface area contributed by atoms with E-state index >= 15 is 0 Å². The molecule has 0 spiro atoms. The van der Waals surface area contributed by atoms with E-state index in [4.69, 9.17) is 0 Å². The summed E-state index contributed by atoms with van der Waals surface area (Å²) >= 11 is 0. The minimum atomic E-state index is -3.24. The van der Waals surface area contributed by atoms with Crippen molar-refractivity contribution in [2.75, 3.05) is 12.8 Å². The number of nitro benzene ring substituents is 1. The standard InChI is InChI=1S/C10H12N2O4S/c1-17(15,16)11-6-5-9-8(7-11)3-2-4-10(9)12(13)14/h2-4H,5-7H2,1H3. The van der Waals surface area contributed by atoms with Crippen LogP contribution >= 0.6 is 0 Å². The topological polar surface area (TPSA) is 80.5 Å². The van der Waals surface area contributed by atoms with Gasteiger partial charge in [-0.1, -0.05) is 12.1 Å². The predicted octanol–water partition coefficient (Wildman–Crippen LogP) is 0.912. The molecule has 0 aliphatic carbocycles. The SMILES string of the molecule is CS(=O)(=O)N1CCc2c(cccc2[N+](=O)[O-])C1. The second-order valence-electron chi connectivity index (χ2n) is 4.02. The molecule has 2 rings (SSSR count). The highest BCUT2D eigenvalue weighted by Gasteiger charge is 2.27. The van der Waals surface area contributed by atoms with Crippen molar-refractivity contribution in [3.05, 3.63) is 39.4 Å². The summed E-state index contributed by atoms with van der Waals surface area (Å²) in [6.07, 6.45) is 1.54. The van der Waals surface area contributed by atoms with E-state index in [2.05, 4.69) is 0 Å². The minimum Gasteiger partial charge on any atom is -0.258 e. The molecular weight excluding hydrogens is 244 g/mol. The highest BCUT2D eigenvalue weighted by molar-refractivity contribution is 7.88. The summed E-state index contributed by atoms with van der Waals surface area (Å²) in [5, 5.41) is 10.8. The molecule has 1 aromatic carbocycles. The van der Waals surface area contributed by atoms with Gasteiger partial charge in [-0.25, -0.2) is 8.42 Å². The van der Waals surface area contributed by atoms with E-state index in [1.54, 1.807) is 12.1 Å². The van der Waals surface area contributed by atoms with Gasteiger partial charge in [0.25, 0.3) is 5.69 Å². The lowest BCUT2D eigenvalue weighted by molar-refractivity contribution is -0.385. The summed E-state index contributed by atoms with van der Waals surface area (Å²) in [5.41, 5.74) is 1.45. The molecule has 0 aromatic heterocycles. The van der Waals surface area contributed by atoms with Crippen molar-refractivity contribution in [3.8, 4) is 0 Å². The summed E-state index contributed by atoms with van der Waals surface area (Å²) in [6.45, 7) is 0.520. The van der Waals surface area contributed by atoms with Crippen LogP contribution < -0.4 is 0 Å². The first-order valence-corrected chi connectivity index (χ1v) is 6.94. The molecule has 0 saturated heterocycles. The number of hydrogen-bond acceptors (Lipinski definition) is 4. The number of fused-ring (bicyclic) bond motifs is 1. The van der Waals surface area contributed by atoms with Crippen LogP contribution in [0.15, 0.2) is 18.2 Å². The number of benzene rings is 1. The van der Waals surface area contributed by atoms with Crippen LogP contribution in [0.3, 0.4) is 0 Å². The highest BCUT2D eigenvalue weighted by atomic mass is 32.2. The van der Waals surface area contributed by atoms with Crippen LogP contribution in [0.4, 0.5) is 5.69 Å². The van der Waals surface area contributed by atoms with Gasteiger partial charge < -0.3 is 0 Å². The Kier molecular flexibility index (Phi) is 2.88. The smallest absolute Gasteiger partial charge is 0.258 e. The number of sulfonamides is 1. The summed E-state index contributed by atoms with van der Waals surface area (Å²) in [7, 11) is -3.24. The third-order valence-electron chi connectivity index (χ3n) is 2.87. The third kappa shape index (κ3) is 2.29. The molecule has 7 heteroatoms. The lowest BCUT2D eigenvalue weighted by Gasteiger charge is -2.26. The van der Waals surface area contributed by atoms with E-state index in [0.717, 1.165) is 11.8 Å². The molecule has 0 saturated carbocycles. The van der Waals surface area contributed by atoms with Gasteiger partial charge in [-0.3, -0.25) is 10.1 Å². The maximum Gasteiger partial charge on any atom is 0.272 e. The molecule has 1 aromatic rings. The number of nitro groups is 1. The third-order valence-corrected chi connectivity index (χ3v) is 4.12. The summed E-state index contributed by atoms with van der Waals surface area (Å²) in [4.78, 5) is 10.4. The van der Waals surface area contributed by atoms with Crippen molar-refractivity contribution in [3.63, 3.8) is 0 Å². The molecular formula is C10H12N2O4S. The summed E-state index contributed by atoms with van der Waals surface area (Å²) in [6, 6.07) is 4.78. The Morgan fingerprint density at radius 1 is 1.41 bits per heavy atom. The molecule has 0 N–H and O–H groups in total. The van der Waals surface area contributed by atoms with Crippen molar-refractivity contribution >= 4 is 15.7 Å². The van der Waals surface area contributed by atoms with E-state index < -0.39 is 14.9 Å². The molecule has 1 aliphatic rings. The van der Waals surface area contributed by atoms with Gasteiger partial charge in [0.1, 0.15) is 0 Å². The molecule has 0 atom stereocenters. The minimum absolute atomic E-state index is 0.0793. The van der Waals surface area contributed by atoms with Crippen molar-refractivity contribution in [1.82, 2.24) is 4.31 Å². The molecule has 0 amide bonds. The fourth-order valence-electron chi connectivity index (χ4n) is 2.02. The first-order valence-electron chi connectivity index (χ1n) is 5.10. The number of hydrogen-bond donors (Lipinski definition) is 0. The van der Waals surface area contributed by atoms with E-state index in [9.17, 15) is 18.5 Å². The van der Waals surface area contributed by atoms with Crippen LogP contribution in [0.5, 0.6) is 0 Å². The molecule has 0 bridgehead atoms. The van der Waals surface area contributed by atoms with Crippen LogP contribution in [-0.4, -0.2) is 30.4 Å². The Labute approximate surface area is 99.1 Å². The van der Waals surface area contributed by atoms with Crippen LogP contribution in [-0.2, 0) is 23.0 Å². The maximum atomic E-state index is 11.4. The van der Waals surface area contributed by atoms with Gasteiger partial charge in [-0.15, -0.1) is 0 Å². The molecule has 0 unspecified atom stereocenters. The van der Waals surface area contributed by atoms with E-state index in [0.29, 0.717) is 18.5 Å². The number of rotatable bonds is 2. The maximum absolute atomic E-state index is 11.4. The average Bonchev–Trinajstić information content (AvgIpc) is 2.26. The first-order chi connectivity index (χ1) is 7.89. The average molecular weight is 256 g/mol. The van der Waals surface area contributed by atoms with Gasteiger partial charge in [0.2, 0.25) is 10.0 Å². The van der Waals surface area contributed by atoms with Crippen molar-refractivity contribution < 1.29 is 13.3 Å². The highest BCUT2D eigenvalue weighted by Crippen LogP contribution is 2.28. The van der Waals surface area contributed by atoms with E-state index in [1.165, 1.54) is 10.4 Å². The van der Waals surface area contributed by atoms with Gasteiger partial charge in [0, 0.05) is 24.7 Å². The predicted molar refractivity (Wildman–Crippen MR) is 62.1 cm³/mol. The molecule has 1 aliphatic heterocycles. The molecule has 6 nitrogen and oxygen atoms in total. The first kappa shape index (κ1) is 12.0. The monoisotopic (exact) mass is 256 g/mol. The van der Waals surface area contributed by atoms with Crippen molar-refractivity contribution in [1.29, 1.82) is 0 Å². The summed E-state index contributed by atoms with van der Waals surface area (Å²) < 4.78 is 24.1. The second kappa shape index (κ2) is 4.08. The molecule has 92 valence electrons. The van der Waals surface area contributed by atoms with Crippen LogP contribution in [0, 0.1) is 10.1 Å². The lowest BCUT2D eigenvalue weighted by Crippen LogP contribution is -2.35. The molecule has 0 radical (unpaired) electrons. The number of nitrogens with zero attached hydrogens (tertiary/aromatic N) is 2. The fourth-order valence-corrected chi connectivity index (χ4v) is 2.81. The van der Waals surface area contributed by atoms with Gasteiger partial charge in [0.05, 0.1) is 11.2 Å². The Balaban J connectivity index is 2.41. The van der Waals surface area contributed by atoms with Gasteiger partial charge >= 0.3 is 0 Å². The Bertz CT molecular complexity index is 568. The Hall–Kier alpha value is -1.47. The van der Waals surface area contributed by atoms with Gasteiger partial charge in [-0.05, 0) is 12.0 Å². The van der Waals surface area contributed by atoms with Crippen molar-refractivity contribution in [2.45, 2.75) is 13.0 Å². The summed E-state index contributed by atoms with van der Waals surface area (Å²) in [5.74, 6) is 0. The van der Waals surface area contributed by atoms with E-state index in [1.807, 2.05) is 0 Å². The second-order valence-corrected chi connectivity index (χ2v) is 6.00. The molecule has 17 heavy (non-hydrogen) atoms. The lowest BCUT2D eigenvalue weighted by atomic mass is 9.99. The molecule has 0 fully saturated rings. The zero-order valence-corrected chi connectivity index (χ0v) is 10.1. The van der Waals surface area contributed by atoms with Gasteiger partial charge in [0.15, 0.2) is 0 Å².